The number of hydrogen-bond donors (Lipinski definition) is 2. The summed E-state index contributed by atoms with van der Waals surface area (Å²) in [6.07, 6.45) is 5.56. The van der Waals surface area contributed by atoms with E-state index in [1.807, 2.05) is 0 Å². The fourth-order valence-electron chi connectivity index (χ4n) is 2.60. The molecule has 1 aromatic carbocycles. The molecule has 1 aromatic rings. The Morgan fingerprint density at radius 1 is 1.28 bits per heavy atom. The Labute approximate surface area is 118 Å². The Kier molecular flexibility index (Phi) is 5.70. The smallest absolute Gasteiger partial charge is 0.165 e. The summed E-state index contributed by atoms with van der Waals surface area (Å²) in [5, 5.41) is 10.1. The summed E-state index contributed by atoms with van der Waals surface area (Å²) in [6.45, 7) is 0. The van der Waals surface area contributed by atoms with Gasteiger partial charge in [-0.25, -0.2) is 4.39 Å². The van der Waals surface area contributed by atoms with Gasteiger partial charge < -0.3 is 10.8 Å². The Hall–Kier alpha value is -0.510. The molecule has 0 radical (unpaired) electrons. The largest absolute Gasteiger partial charge is 0.505 e. The molecule has 1 aliphatic rings. The molecule has 0 saturated heterocycles. The predicted octanol–water partition coefficient (Wildman–Crippen LogP) is 4.19. The van der Waals surface area contributed by atoms with E-state index in [4.69, 9.17) is 17.3 Å². The maximum absolute atomic E-state index is 13.3. The first-order chi connectivity index (χ1) is 8.11. The van der Waals surface area contributed by atoms with Crippen LogP contribution in [0, 0.1) is 11.7 Å². The first-order valence-electron chi connectivity index (χ1n) is 6.03. The van der Waals surface area contributed by atoms with Crippen molar-refractivity contribution in [3.05, 3.63) is 28.5 Å². The van der Waals surface area contributed by atoms with Crippen molar-refractivity contribution >= 4 is 24.0 Å². The van der Waals surface area contributed by atoms with Gasteiger partial charge in [-0.05, 0) is 30.9 Å². The van der Waals surface area contributed by atoms with Gasteiger partial charge in [0.25, 0.3) is 0 Å². The molecule has 1 aliphatic carbocycles. The molecule has 1 fully saturated rings. The lowest BCUT2D eigenvalue weighted by Crippen LogP contribution is -2.24. The van der Waals surface area contributed by atoms with Crippen LogP contribution in [0.25, 0.3) is 0 Å². The minimum atomic E-state index is -0.657. The molecular formula is C13H18Cl2FNO. The molecule has 0 amide bonds. The number of nitrogens with two attached hydrogens (primary N) is 1. The summed E-state index contributed by atoms with van der Waals surface area (Å²) < 4.78 is 13.3. The molecule has 0 bridgehead atoms. The third kappa shape index (κ3) is 3.08. The maximum atomic E-state index is 13.3. The highest BCUT2D eigenvalue weighted by molar-refractivity contribution is 6.31. The topological polar surface area (TPSA) is 46.2 Å². The van der Waals surface area contributed by atoms with E-state index in [1.54, 1.807) is 0 Å². The predicted molar refractivity (Wildman–Crippen MR) is 73.8 cm³/mol. The third-order valence-corrected chi connectivity index (χ3v) is 3.94. The maximum Gasteiger partial charge on any atom is 0.165 e. The lowest BCUT2D eigenvalue weighted by atomic mass is 9.81. The Morgan fingerprint density at radius 2 is 1.89 bits per heavy atom. The van der Waals surface area contributed by atoms with Crippen LogP contribution in [0.1, 0.15) is 43.7 Å². The second-order valence-electron chi connectivity index (χ2n) is 4.72. The molecular weight excluding hydrogens is 276 g/mol. The van der Waals surface area contributed by atoms with Gasteiger partial charge in [-0.3, -0.25) is 0 Å². The zero-order valence-corrected chi connectivity index (χ0v) is 11.6. The number of phenols is 1. The van der Waals surface area contributed by atoms with Crippen LogP contribution in [0.3, 0.4) is 0 Å². The van der Waals surface area contributed by atoms with Crippen LogP contribution in [-0.4, -0.2) is 5.11 Å². The molecule has 102 valence electrons. The standard InChI is InChI=1S/C13H17ClFNO.ClH/c14-9-6-7-10(15)13(17)11(9)12(16)8-4-2-1-3-5-8;/h6-8,12,17H,1-5,16H2;1H/t12-;/m0./s1. The minimum absolute atomic E-state index is 0. The lowest BCUT2D eigenvalue weighted by molar-refractivity contribution is 0.301. The van der Waals surface area contributed by atoms with Gasteiger partial charge in [0.2, 0.25) is 0 Å². The molecule has 0 aromatic heterocycles. The normalized spacial score (nSPS) is 18.2. The van der Waals surface area contributed by atoms with E-state index >= 15 is 0 Å². The van der Waals surface area contributed by atoms with Crippen molar-refractivity contribution in [1.29, 1.82) is 0 Å². The number of hydrogen-bond acceptors (Lipinski definition) is 2. The number of phenolic OH excluding ortho intramolecular Hbond substituents is 1. The van der Waals surface area contributed by atoms with Gasteiger partial charge in [0.15, 0.2) is 11.6 Å². The summed E-state index contributed by atoms with van der Waals surface area (Å²) in [5.74, 6) is -0.764. The van der Waals surface area contributed by atoms with Crippen LogP contribution in [0.2, 0.25) is 5.02 Å². The second kappa shape index (κ2) is 6.60. The molecule has 0 unspecified atom stereocenters. The average Bonchev–Trinajstić information content (AvgIpc) is 2.35. The molecule has 2 rings (SSSR count). The highest BCUT2D eigenvalue weighted by Gasteiger charge is 2.26. The SMILES string of the molecule is Cl.N[C@H](c1c(Cl)ccc(F)c1O)C1CCCCC1. The van der Waals surface area contributed by atoms with E-state index in [9.17, 15) is 9.50 Å². The number of benzene rings is 1. The summed E-state index contributed by atoms with van der Waals surface area (Å²) in [6, 6.07) is 2.24. The van der Waals surface area contributed by atoms with E-state index in [0.717, 1.165) is 31.7 Å². The number of halogens is 3. The number of rotatable bonds is 2. The fraction of sp³-hybridized carbons (Fsp3) is 0.538. The highest BCUT2D eigenvalue weighted by Crippen LogP contribution is 2.40. The molecule has 2 nitrogen and oxygen atoms in total. The first kappa shape index (κ1) is 15.5. The van der Waals surface area contributed by atoms with E-state index in [1.165, 1.54) is 12.5 Å². The van der Waals surface area contributed by atoms with Crippen LogP contribution in [0.4, 0.5) is 4.39 Å². The van der Waals surface area contributed by atoms with E-state index in [2.05, 4.69) is 0 Å². The highest BCUT2D eigenvalue weighted by atomic mass is 35.5. The second-order valence-corrected chi connectivity index (χ2v) is 5.12. The zero-order chi connectivity index (χ0) is 12.4. The van der Waals surface area contributed by atoms with E-state index in [-0.39, 0.29) is 24.4 Å². The van der Waals surface area contributed by atoms with Crippen molar-refractivity contribution in [1.82, 2.24) is 0 Å². The minimum Gasteiger partial charge on any atom is -0.505 e. The van der Waals surface area contributed by atoms with Crippen LogP contribution in [0.5, 0.6) is 5.75 Å². The quantitative estimate of drug-likeness (QED) is 0.859. The van der Waals surface area contributed by atoms with Gasteiger partial charge in [0.1, 0.15) is 0 Å². The van der Waals surface area contributed by atoms with Crippen molar-refractivity contribution < 1.29 is 9.50 Å². The van der Waals surface area contributed by atoms with E-state index in [0.29, 0.717) is 10.6 Å². The van der Waals surface area contributed by atoms with Gasteiger partial charge in [0, 0.05) is 16.6 Å². The zero-order valence-electron chi connectivity index (χ0n) is 10.0. The lowest BCUT2D eigenvalue weighted by Gasteiger charge is -2.28. The Bertz CT molecular complexity index is 408. The molecule has 5 heteroatoms. The van der Waals surface area contributed by atoms with Gasteiger partial charge >= 0.3 is 0 Å². The number of aromatic hydroxyl groups is 1. The molecule has 1 saturated carbocycles. The fourth-order valence-corrected chi connectivity index (χ4v) is 2.88. The summed E-state index contributed by atoms with van der Waals surface area (Å²) in [7, 11) is 0. The van der Waals surface area contributed by atoms with Gasteiger partial charge in [-0.1, -0.05) is 30.9 Å². The van der Waals surface area contributed by atoms with Crippen molar-refractivity contribution in [3.63, 3.8) is 0 Å². The molecule has 1 atom stereocenters. The van der Waals surface area contributed by atoms with Crippen LogP contribution in [-0.2, 0) is 0 Å². The molecule has 0 spiro atoms. The average molecular weight is 294 g/mol. The van der Waals surface area contributed by atoms with Crippen LogP contribution in [0.15, 0.2) is 12.1 Å². The van der Waals surface area contributed by atoms with Crippen molar-refractivity contribution in [2.24, 2.45) is 11.7 Å². The van der Waals surface area contributed by atoms with Gasteiger partial charge in [-0.15, -0.1) is 12.4 Å². The van der Waals surface area contributed by atoms with E-state index < -0.39 is 11.6 Å². The molecule has 0 aliphatic heterocycles. The summed E-state index contributed by atoms with van der Waals surface area (Å²) in [5.41, 5.74) is 6.49. The monoisotopic (exact) mass is 293 g/mol. The van der Waals surface area contributed by atoms with Crippen LogP contribution < -0.4 is 5.73 Å². The van der Waals surface area contributed by atoms with Crippen LogP contribution >= 0.6 is 24.0 Å². The van der Waals surface area contributed by atoms with Gasteiger partial charge in [0.05, 0.1) is 0 Å². The van der Waals surface area contributed by atoms with Crippen molar-refractivity contribution in [2.75, 3.05) is 0 Å². The van der Waals surface area contributed by atoms with Crippen molar-refractivity contribution in [3.8, 4) is 5.75 Å². The molecule has 0 heterocycles. The Morgan fingerprint density at radius 3 is 2.50 bits per heavy atom. The van der Waals surface area contributed by atoms with Gasteiger partial charge in [-0.2, -0.15) is 0 Å². The third-order valence-electron chi connectivity index (χ3n) is 3.61. The molecule has 3 N–H and O–H groups in total. The summed E-state index contributed by atoms with van der Waals surface area (Å²) >= 11 is 6.01. The Balaban J connectivity index is 0.00000162. The molecule has 18 heavy (non-hydrogen) atoms. The first-order valence-corrected chi connectivity index (χ1v) is 6.41. The summed E-state index contributed by atoms with van der Waals surface area (Å²) in [4.78, 5) is 0. The van der Waals surface area contributed by atoms with Crippen molar-refractivity contribution in [2.45, 2.75) is 38.1 Å².